The highest BCUT2D eigenvalue weighted by atomic mass is 16.7. The Morgan fingerprint density at radius 2 is 2.12 bits per heavy atom. The zero-order chi connectivity index (χ0) is 17.2. The molecule has 1 aromatic carbocycles. The highest BCUT2D eigenvalue weighted by Crippen LogP contribution is 2.32. The lowest BCUT2D eigenvalue weighted by atomic mass is 10.2. The first-order valence-corrected chi connectivity index (χ1v) is 8.21. The summed E-state index contributed by atoms with van der Waals surface area (Å²) in [5.74, 6) is 2.00. The van der Waals surface area contributed by atoms with Crippen LogP contribution in [-0.4, -0.2) is 19.3 Å². The fraction of sp³-hybridized carbons (Fsp3) is 0.333. The van der Waals surface area contributed by atoms with Crippen molar-refractivity contribution in [1.29, 1.82) is 0 Å². The van der Waals surface area contributed by atoms with Crippen molar-refractivity contribution in [2.24, 2.45) is 5.92 Å². The summed E-state index contributed by atoms with van der Waals surface area (Å²) >= 11 is 0. The third-order valence-electron chi connectivity index (χ3n) is 4.20. The fourth-order valence-corrected chi connectivity index (χ4v) is 2.58. The summed E-state index contributed by atoms with van der Waals surface area (Å²) in [6.45, 7) is 1.09. The molecular formula is C18H18N2O5. The highest BCUT2D eigenvalue weighted by molar-refractivity contribution is 5.96. The van der Waals surface area contributed by atoms with E-state index in [1.165, 1.54) is 18.5 Å². The molecule has 1 amide bonds. The van der Waals surface area contributed by atoms with Crippen LogP contribution in [0.25, 0.3) is 0 Å². The molecule has 0 radical (unpaired) electrons. The number of aromatic nitrogens is 1. The lowest BCUT2D eigenvalue weighted by Gasteiger charge is -2.11. The molecule has 1 fully saturated rings. The molecule has 1 N–H and O–H groups in total. The van der Waals surface area contributed by atoms with E-state index < -0.39 is 0 Å². The zero-order valence-corrected chi connectivity index (χ0v) is 13.6. The quantitative estimate of drug-likeness (QED) is 0.639. The minimum atomic E-state index is -0.353. The number of rotatable bonds is 6. The number of pyridine rings is 1. The monoisotopic (exact) mass is 342 g/mol. The predicted molar refractivity (Wildman–Crippen MR) is 87.4 cm³/mol. The molecule has 0 bridgehead atoms. The Balaban J connectivity index is 1.44. The van der Waals surface area contributed by atoms with Gasteiger partial charge in [-0.3, -0.25) is 4.79 Å². The van der Waals surface area contributed by atoms with Gasteiger partial charge in [-0.2, -0.15) is 4.73 Å². The van der Waals surface area contributed by atoms with Crippen LogP contribution in [0.4, 0.5) is 0 Å². The molecule has 0 unspecified atom stereocenters. The third kappa shape index (κ3) is 3.60. The van der Waals surface area contributed by atoms with E-state index in [9.17, 15) is 10.0 Å². The van der Waals surface area contributed by atoms with Gasteiger partial charge in [-0.15, -0.1) is 0 Å². The van der Waals surface area contributed by atoms with Crippen LogP contribution in [0.2, 0.25) is 0 Å². The molecule has 7 heteroatoms. The molecule has 1 aliphatic heterocycles. The van der Waals surface area contributed by atoms with Crippen LogP contribution < -0.4 is 24.3 Å². The van der Waals surface area contributed by atoms with Crippen molar-refractivity contribution in [2.75, 3.05) is 13.4 Å². The van der Waals surface area contributed by atoms with Gasteiger partial charge < -0.3 is 24.7 Å². The van der Waals surface area contributed by atoms with Gasteiger partial charge in [-0.1, -0.05) is 6.07 Å². The molecule has 2 aliphatic rings. The number of carbonyl (C=O) groups is 1. The minimum absolute atomic E-state index is 0.209. The van der Waals surface area contributed by atoms with Crippen molar-refractivity contribution in [2.45, 2.75) is 19.4 Å². The highest BCUT2D eigenvalue weighted by Gasteiger charge is 2.24. The number of ether oxygens (including phenoxy) is 3. The van der Waals surface area contributed by atoms with Crippen LogP contribution >= 0.6 is 0 Å². The van der Waals surface area contributed by atoms with E-state index in [4.69, 9.17) is 14.2 Å². The predicted octanol–water partition coefficient (Wildman–Crippen LogP) is 1.77. The van der Waals surface area contributed by atoms with E-state index in [1.54, 1.807) is 0 Å². The van der Waals surface area contributed by atoms with Gasteiger partial charge in [0.1, 0.15) is 11.3 Å². The largest absolute Gasteiger partial charge is 0.619 e. The molecule has 1 aromatic heterocycles. The first-order valence-electron chi connectivity index (χ1n) is 8.21. The summed E-state index contributed by atoms with van der Waals surface area (Å²) in [7, 11) is 0. The van der Waals surface area contributed by atoms with Gasteiger partial charge in [0.25, 0.3) is 5.91 Å². The van der Waals surface area contributed by atoms with Gasteiger partial charge in [0.05, 0.1) is 6.61 Å². The summed E-state index contributed by atoms with van der Waals surface area (Å²) in [5, 5.41) is 14.4. The lowest BCUT2D eigenvalue weighted by Crippen LogP contribution is -2.30. The first kappa shape index (κ1) is 15.6. The first-order chi connectivity index (χ1) is 12.2. The van der Waals surface area contributed by atoms with Crippen LogP contribution in [0, 0.1) is 11.1 Å². The Kier molecular flexibility index (Phi) is 4.05. The van der Waals surface area contributed by atoms with E-state index in [1.807, 2.05) is 18.2 Å². The van der Waals surface area contributed by atoms with Crippen molar-refractivity contribution in [3.8, 4) is 17.2 Å². The van der Waals surface area contributed by atoms with E-state index in [-0.39, 0.29) is 18.3 Å². The van der Waals surface area contributed by atoms with E-state index in [0.717, 1.165) is 18.4 Å². The molecule has 2 aromatic rings. The van der Waals surface area contributed by atoms with Crippen molar-refractivity contribution in [3.05, 3.63) is 53.0 Å². The molecule has 0 saturated heterocycles. The molecular weight excluding hydrogens is 324 g/mol. The number of hydrogen-bond donors (Lipinski definition) is 1. The Hall–Kier alpha value is -2.96. The molecule has 1 aliphatic carbocycles. The second kappa shape index (κ2) is 6.51. The summed E-state index contributed by atoms with van der Waals surface area (Å²) < 4.78 is 16.9. The zero-order valence-electron chi connectivity index (χ0n) is 13.6. The third-order valence-corrected chi connectivity index (χ3v) is 4.20. The number of carbonyl (C=O) groups excluding carboxylic acids is 1. The average Bonchev–Trinajstić information content (AvgIpc) is 3.33. The Morgan fingerprint density at radius 3 is 2.96 bits per heavy atom. The molecule has 0 atom stereocenters. The van der Waals surface area contributed by atoms with Crippen LogP contribution in [0.3, 0.4) is 0 Å². The Labute approximate surface area is 144 Å². The number of amides is 1. The molecule has 2 heterocycles. The van der Waals surface area contributed by atoms with E-state index in [2.05, 4.69) is 5.32 Å². The molecule has 0 spiro atoms. The van der Waals surface area contributed by atoms with Gasteiger partial charge in [-0.05, 0) is 36.5 Å². The Morgan fingerprint density at radius 1 is 1.28 bits per heavy atom. The summed E-state index contributed by atoms with van der Waals surface area (Å²) in [6.07, 6.45) is 4.87. The molecule has 4 rings (SSSR count). The number of benzene rings is 1. The van der Waals surface area contributed by atoms with Crippen molar-refractivity contribution in [1.82, 2.24) is 5.32 Å². The SMILES string of the molecule is O=C(NCc1ccc2c(c1)OCO2)c1c[n+]([O-])ccc1OCC1CC1. The van der Waals surface area contributed by atoms with Crippen molar-refractivity contribution < 1.29 is 23.7 Å². The second-order valence-electron chi connectivity index (χ2n) is 6.21. The molecule has 130 valence electrons. The number of hydrogen-bond acceptors (Lipinski definition) is 5. The number of fused-ring (bicyclic) bond motifs is 1. The van der Waals surface area contributed by atoms with E-state index in [0.29, 0.717) is 41.0 Å². The molecule has 25 heavy (non-hydrogen) atoms. The smallest absolute Gasteiger partial charge is 0.261 e. The maximum Gasteiger partial charge on any atom is 0.261 e. The number of nitrogens with one attached hydrogen (secondary N) is 1. The summed E-state index contributed by atoms with van der Waals surface area (Å²) in [5.41, 5.74) is 1.11. The fourth-order valence-electron chi connectivity index (χ4n) is 2.58. The average molecular weight is 342 g/mol. The molecule has 1 saturated carbocycles. The van der Waals surface area contributed by atoms with Gasteiger partial charge in [0.2, 0.25) is 6.79 Å². The second-order valence-corrected chi connectivity index (χ2v) is 6.21. The van der Waals surface area contributed by atoms with Crippen LogP contribution in [0.5, 0.6) is 17.2 Å². The number of nitrogens with zero attached hydrogens (tertiary/aromatic N) is 1. The maximum atomic E-state index is 12.5. The topological polar surface area (TPSA) is 83.7 Å². The van der Waals surface area contributed by atoms with Crippen molar-refractivity contribution in [3.63, 3.8) is 0 Å². The van der Waals surface area contributed by atoms with Gasteiger partial charge in [0.15, 0.2) is 23.9 Å². The molecule has 7 nitrogen and oxygen atoms in total. The Bertz CT molecular complexity index is 804. The van der Waals surface area contributed by atoms with E-state index >= 15 is 0 Å². The maximum absolute atomic E-state index is 12.5. The van der Waals surface area contributed by atoms with Gasteiger partial charge in [-0.25, -0.2) is 0 Å². The summed E-state index contributed by atoms with van der Waals surface area (Å²) in [4.78, 5) is 12.5. The van der Waals surface area contributed by atoms with Gasteiger partial charge >= 0.3 is 0 Å². The van der Waals surface area contributed by atoms with Crippen LogP contribution in [-0.2, 0) is 6.54 Å². The standard InChI is InChI=1S/C18H18N2O5/c21-18(19-8-13-3-4-16-17(7-13)25-11-24-16)14-9-20(22)6-5-15(14)23-10-12-1-2-12/h3-7,9,12H,1-2,8,10-11H2,(H,19,21). The van der Waals surface area contributed by atoms with Crippen LogP contribution in [0.15, 0.2) is 36.7 Å². The lowest BCUT2D eigenvalue weighted by molar-refractivity contribution is -0.605. The summed E-state index contributed by atoms with van der Waals surface area (Å²) in [6, 6.07) is 7.02. The van der Waals surface area contributed by atoms with Gasteiger partial charge in [0, 0.05) is 12.6 Å². The normalized spacial score (nSPS) is 15.0. The van der Waals surface area contributed by atoms with Crippen molar-refractivity contribution >= 4 is 5.91 Å². The minimum Gasteiger partial charge on any atom is -0.619 e. The van der Waals surface area contributed by atoms with Crippen LogP contribution in [0.1, 0.15) is 28.8 Å².